The van der Waals surface area contributed by atoms with Crippen molar-refractivity contribution in [3.63, 3.8) is 0 Å². The molecule has 0 amide bonds. The molecule has 0 saturated carbocycles. The molecule has 0 bridgehead atoms. The summed E-state index contributed by atoms with van der Waals surface area (Å²) in [6.07, 6.45) is 0. The Morgan fingerprint density at radius 3 is 2.78 bits per heavy atom. The second-order valence-electron chi connectivity index (χ2n) is 3.94. The highest BCUT2D eigenvalue weighted by Gasteiger charge is 2.11. The van der Waals surface area contributed by atoms with E-state index in [1.54, 1.807) is 17.4 Å². The molecule has 0 spiro atoms. The first-order valence-corrected chi connectivity index (χ1v) is 6.70. The van der Waals surface area contributed by atoms with Gasteiger partial charge in [0.25, 0.3) is 0 Å². The molecule has 3 nitrogen and oxygen atoms in total. The van der Waals surface area contributed by atoms with E-state index in [4.69, 9.17) is 11.0 Å². The monoisotopic (exact) mass is 257 g/mol. The minimum Gasteiger partial charge on any atom is -0.396 e. The molecule has 1 aromatic heterocycles. The Labute approximate surface area is 111 Å². The number of nitrogens with two attached hydrogens (primary N) is 1. The summed E-state index contributed by atoms with van der Waals surface area (Å²) in [7, 11) is 0. The topological polar surface area (TPSA) is 53.0 Å². The van der Waals surface area contributed by atoms with Crippen molar-refractivity contribution < 1.29 is 0 Å². The van der Waals surface area contributed by atoms with Gasteiger partial charge in [-0.2, -0.15) is 5.26 Å². The number of anilines is 2. The fraction of sp³-hybridized carbons (Fsp3) is 0.214. The number of benzene rings is 1. The largest absolute Gasteiger partial charge is 0.396 e. The van der Waals surface area contributed by atoms with Crippen LogP contribution in [0, 0.1) is 11.3 Å². The van der Waals surface area contributed by atoms with Crippen LogP contribution in [0.15, 0.2) is 35.7 Å². The maximum Gasteiger partial charge on any atom is 0.101 e. The zero-order chi connectivity index (χ0) is 13.0. The summed E-state index contributed by atoms with van der Waals surface area (Å²) < 4.78 is 0. The van der Waals surface area contributed by atoms with Crippen molar-refractivity contribution in [1.29, 1.82) is 5.26 Å². The summed E-state index contributed by atoms with van der Waals surface area (Å²) in [5.41, 5.74) is 8.08. The van der Waals surface area contributed by atoms with Crippen LogP contribution in [-0.2, 0) is 6.54 Å². The first kappa shape index (κ1) is 12.5. The van der Waals surface area contributed by atoms with Gasteiger partial charge in [-0.25, -0.2) is 0 Å². The van der Waals surface area contributed by atoms with Gasteiger partial charge >= 0.3 is 0 Å². The standard InChI is InChI=1S/C14H15N3S/c1-2-17(10-12-6-4-8-18-12)13-7-3-5-11(9-15)14(13)16/h3-8H,2,10,16H2,1H3. The van der Waals surface area contributed by atoms with Crippen molar-refractivity contribution in [3.8, 4) is 6.07 Å². The predicted molar refractivity (Wildman–Crippen MR) is 76.6 cm³/mol. The van der Waals surface area contributed by atoms with E-state index in [-0.39, 0.29) is 0 Å². The number of nitriles is 1. The van der Waals surface area contributed by atoms with Gasteiger partial charge in [0.15, 0.2) is 0 Å². The average Bonchev–Trinajstić information content (AvgIpc) is 2.89. The minimum atomic E-state index is 0.539. The first-order valence-electron chi connectivity index (χ1n) is 5.82. The molecule has 4 heteroatoms. The minimum absolute atomic E-state index is 0.539. The van der Waals surface area contributed by atoms with Crippen LogP contribution in [0.3, 0.4) is 0 Å². The van der Waals surface area contributed by atoms with E-state index in [1.807, 2.05) is 18.2 Å². The van der Waals surface area contributed by atoms with Crippen molar-refractivity contribution in [2.75, 3.05) is 17.2 Å². The van der Waals surface area contributed by atoms with Gasteiger partial charge in [-0.05, 0) is 30.5 Å². The lowest BCUT2D eigenvalue weighted by Crippen LogP contribution is -2.22. The van der Waals surface area contributed by atoms with Crippen LogP contribution < -0.4 is 10.6 Å². The van der Waals surface area contributed by atoms with Crippen LogP contribution in [0.5, 0.6) is 0 Å². The smallest absolute Gasteiger partial charge is 0.101 e. The summed E-state index contributed by atoms with van der Waals surface area (Å²) in [6, 6.07) is 11.9. The summed E-state index contributed by atoms with van der Waals surface area (Å²) >= 11 is 1.73. The molecule has 0 aliphatic heterocycles. The highest BCUT2D eigenvalue weighted by molar-refractivity contribution is 7.09. The Morgan fingerprint density at radius 2 is 2.17 bits per heavy atom. The van der Waals surface area contributed by atoms with E-state index in [1.165, 1.54) is 4.88 Å². The second-order valence-corrected chi connectivity index (χ2v) is 4.98. The molecule has 0 radical (unpaired) electrons. The van der Waals surface area contributed by atoms with Crippen LogP contribution in [0.25, 0.3) is 0 Å². The molecule has 2 N–H and O–H groups in total. The van der Waals surface area contributed by atoms with E-state index < -0.39 is 0 Å². The molecule has 1 heterocycles. The Bertz CT molecular complexity index is 555. The third-order valence-electron chi connectivity index (χ3n) is 2.85. The highest BCUT2D eigenvalue weighted by Crippen LogP contribution is 2.28. The quantitative estimate of drug-likeness (QED) is 0.855. The number of rotatable bonds is 4. The van der Waals surface area contributed by atoms with Crippen molar-refractivity contribution in [2.24, 2.45) is 0 Å². The van der Waals surface area contributed by atoms with Crippen LogP contribution >= 0.6 is 11.3 Å². The number of hydrogen-bond donors (Lipinski definition) is 1. The van der Waals surface area contributed by atoms with Crippen LogP contribution in [0.1, 0.15) is 17.4 Å². The van der Waals surface area contributed by atoms with E-state index in [2.05, 4.69) is 29.3 Å². The zero-order valence-corrected chi connectivity index (χ0v) is 11.1. The summed E-state index contributed by atoms with van der Waals surface area (Å²) in [6.45, 7) is 3.77. The van der Waals surface area contributed by atoms with Gasteiger partial charge in [-0.3, -0.25) is 0 Å². The fourth-order valence-corrected chi connectivity index (χ4v) is 2.60. The van der Waals surface area contributed by atoms with Gasteiger partial charge < -0.3 is 10.6 Å². The lowest BCUT2D eigenvalue weighted by Gasteiger charge is -2.24. The van der Waals surface area contributed by atoms with Crippen molar-refractivity contribution in [3.05, 3.63) is 46.2 Å². The molecule has 0 fully saturated rings. The molecule has 0 saturated heterocycles. The highest BCUT2D eigenvalue weighted by atomic mass is 32.1. The van der Waals surface area contributed by atoms with Crippen molar-refractivity contribution >= 4 is 22.7 Å². The first-order chi connectivity index (χ1) is 8.76. The molecular formula is C14H15N3S. The molecule has 0 aliphatic carbocycles. The van der Waals surface area contributed by atoms with Gasteiger partial charge in [0.1, 0.15) is 6.07 Å². The number of hydrogen-bond acceptors (Lipinski definition) is 4. The molecule has 18 heavy (non-hydrogen) atoms. The normalized spacial score (nSPS) is 10.0. The third-order valence-corrected chi connectivity index (χ3v) is 3.71. The lowest BCUT2D eigenvalue weighted by atomic mass is 10.1. The van der Waals surface area contributed by atoms with Gasteiger partial charge in [0.05, 0.1) is 23.5 Å². The Morgan fingerprint density at radius 1 is 1.33 bits per heavy atom. The maximum atomic E-state index is 9.01. The Balaban J connectivity index is 2.31. The molecule has 2 rings (SSSR count). The fourth-order valence-electron chi connectivity index (χ4n) is 1.88. The molecule has 0 unspecified atom stereocenters. The lowest BCUT2D eigenvalue weighted by molar-refractivity contribution is 0.844. The average molecular weight is 257 g/mol. The Kier molecular flexibility index (Phi) is 3.85. The molecular weight excluding hydrogens is 242 g/mol. The van der Waals surface area contributed by atoms with E-state index >= 15 is 0 Å². The molecule has 92 valence electrons. The van der Waals surface area contributed by atoms with E-state index in [0.717, 1.165) is 18.8 Å². The van der Waals surface area contributed by atoms with Gasteiger partial charge in [0.2, 0.25) is 0 Å². The second kappa shape index (κ2) is 5.56. The number of thiophene rings is 1. The third kappa shape index (κ3) is 2.47. The van der Waals surface area contributed by atoms with Crippen molar-refractivity contribution in [2.45, 2.75) is 13.5 Å². The molecule has 0 atom stereocenters. The summed E-state index contributed by atoms with van der Waals surface area (Å²) in [4.78, 5) is 3.47. The summed E-state index contributed by atoms with van der Waals surface area (Å²) in [5, 5.41) is 11.1. The van der Waals surface area contributed by atoms with Gasteiger partial charge in [-0.15, -0.1) is 11.3 Å². The Hall–Kier alpha value is -1.99. The van der Waals surface area contributed by atoms with E-state index in [9.17, 15) is 0 Å². The number of para-hydroxylation sites is 1. The van der Waals surface area contributed by atoms with Crippen molar-refractivity contribution in [1.82, 2.24) is 0 Å². The van der Waals surface area contributed by atoms with Crippen LogP contribution in [0.4, 0.5) is 11.4 Å². The zero-order valence-electron chi connectivity index (χ0n) is 10.3. The maximum absolute atomic E-state index is 9.01. The molecule has 1 aromatic carbocycles. The van der Waals surface area contributed by atoms with Crippen LogP contribution in [-0.4, -0.2) is 6.54 Å². The predicted octanol–water partition coefficient (Wildman–Crippen LogP) is 3.23. The number of nitrogens with zero attached hydrogens (tertiary/aromatic N) is 2. The number of nitrogen functional groups attached to an aromatic ring is 1. The van der Waals surface area contributed by atoms with Gasteiger partial charge in [-0.1, -0.05) is 12.1 Å². The molecule has 2 aromatic rings. The van der Waals surface area contributed by atoms with Crippen LogP contribution in [0.2, 0.25) is 0 Å². The van der Waals surface area contributed by atoms with E-state index in [0.29, 0.717) is 11.3 Å². The SMILES string of the molecule is CCN(Cc1cccs1)c1cccc(C#N)c1N. The van der Waals surface area contributed by atoms with Gasteiger partial charge in [0, 0.05) is 11.4 Å². The molecule has 0 aliphatic rings. The summed E-state index contributed by atoms with van der Waals surface area (Å²) in [5.74, 6) is 0.